The summed E-state index contributed by atoms with van der Waals surface area (Å²) in [6.45, 7) is 6.42. The molecule has 0 saturated carbocycles. The topological polar surface area (TPSA) is 34.2 Å². The molecule has 1 fully saturated rings. The SMILES string of the molecule is COc1cc(CN2CCN(Cc3ccccc3Br)CC2)cc2c1OCO2. The van der Waals surface area contributed by atoms with E-state index in [0.29, 0.717) is 0 Å². The van der Waals surface area contributed by atoms with E-state index in [1.165, 1.54) is 15.6 Å². The van der Waals surface area contributed by atoms with Crippen LogP contribution in [0.4, 0.5) is 0 Å². The molecule has 6 heteroatoms. The van der Waals surface area contributed by atoms with Gasteiger partial charge in [-0.25, -0.2) is 0 Å². The van der Waals surface area contributed by atoms with Crippen LogP contribution >= 0.6 is 15.9 Å². The number of piperazine rings is 1. The van der Waals surface area contributed by atoms with Crippen molar-refractivity contribution in [2.45, 2.75) is 13.1 Å². The van der Waals surface area contributed by atoms with Crippen LogP contribution in [0.2, 0.25) is 0 Å². The quantitative estimate of drug-likeness (QED) is 0.741. The molecule has 0 bridgehead atoms. The zero-order valence-electron chi connectivity index (χ0n) is 14.9. The number of hydrogen-bond donors (Lipinski definition) is 0. The van der Waals surface area contributed by atoms with Gasteiger partial charge in [-0.1, -0.05) is 34.1 Å². The van der Waals surface area contributed by atoms with Gasteiger partial charge in [0.05, 0.1) is 7.11 Å². The second kappa shape index (κ2) is 7.86. The molecule has 0 aliphatic carbocycles. The predicted molar refractivity (Wildman–Crippen MR) is 104 cm³/mol. The Morgan fingerprint density at radius 3 is 2.46 bits per heavy atom. The summed E-state index contributed by atoms with van der Waals surface area (Å²) in [7, 11) is 1.67. The van der Waals surface area contributed by atoms with Gasteiger partial charge in [0, 0.05) is 43.7 Å². The number of benzene rings is 2. The van der Waals surface area contributed by atoms with Gasteiger partial charge in [0.25, 0.3) is 0 Å². The van der Waals surface area contributed by atoms with Crippen LogP contribution in [0.3, 0.4) is 0 Å². The minimum atomic E-state index is 0.267. The number of rotatable bonds is 5. The van der Waals surface area contributed by atoms with Gasteiger partial charge >= 0.3 is 0 Å². The number of methoxy groups -OCH3 is 1. The molecule has 2 aliphatic heterocycles. The molecular weight excluding hydrogens is 396 g/mol. The smallest absolute Gasteiger partial charge is 0.231 e. The number of nitrogens with zero attached hydrogens (tertiary/aromatic N) is 2. The van der Waals surface area contributed by atoms with Crippen molar-refractivity contribution in [1.82, 2.24) is 9.80 Å². The fraction of sp³-hybridized carbons (Fsp3) is 0.400. The van der Waals surface area contributed by atoms with Crippen LogP contribution < -0.4 is 14.2 Å². The Labute approximate surface area is 162 Å². The largest absolute Gasteiger partial charge is 0.493 e. The summed E-state index contributed by atoms with van der Waals surface area (Å²) in [6, 6.07) is 12.6. The van der Waals surface area contributed by atoms with Crippen LogP contribution in [0.1, 0.15) is 11.1 Å². The summed E-state index contributed by atoms with van der Waals surface area (Å²) < 4.78 is 17.6. The fourth-order valence-corrected chi connectivity index (χ4v) is 3.92. The lowest BCUT2D eigenvalue weighted by Gasteiger charge is -2.35. The van der Waals surface area contributed by atoms with Crippen molar-refractivity contribution in [1.29, 1.82) is 0 Å². The summed E-state index contributed by atoms with van der Waals surface area (Å²) >= 11 is 3.65. The Morgan fingerprint density at radius 2 is 1.73 bits per heavy atom. The minimum Gasteiger partial charge on any atom is -0.493 e. The van der Waals surface area contributed by atoms with E-state index in [9.17, 15) is 0 Å². The Bertz CT molecular complexity index is 776. The van der Waals surface area contributed by atoms with E-state index in [4.69, 9.17) is 14.2 Å². The number of hydrogen-bond acceptors (Lipinski definition) is 5. The van der Waals surface area contributed by atoms with Crippen LogP contribution in [-0.2, 0) is 13.1 Å². The first-order chi connectivity index (χ1) is 12.7. The Morgan fingerprint density at radius 1 is 1.00 bits per heavy atom. The molecule has 1 saturated heterocycles. The van der Waals surface area contributed by atoms with Crippen molar-refractivity contribution in [3.05, 3.63) is 52.0 Å². The average molecular weight is 419 g/mol. The summed E-state index contributed by atoms with van der Waals surface area (Å²) in [4.78, 5) is 4.99. The molecule has 0 atom stereocenters. The zero-order valence-corrected chi connectivity index (χ0v) is 16.5. The van der Waals surface area contributed by atoms with Crippen LogP contribution in [-0.4, -0.2) is 49.9 Å². The molecule has 0 amide bonds. The third-order valence-corrected chi connectivity index (χ3v) is 5.71. The monoisotopic (exact) mass is 418 g/mol. The van der Waals surface area contributed by atoms with E-state index in [2.05, 4.69) is 62.1 Å². The minimum absolute atomic E-state index is 0.267. The van der Waals surface area contributed by atoms with Gasteiger partial charge in [-0.05, 0) is 29.3 Å². The lowest BCUT2D eigenvalue weighted by Crippen LogP contribution is -2.45. The maximum atomic E-state index is 5.53. The normalized spacial score (nSPS) is 17.5. The highest BCUT2D eigenvalue weighted by Gasteiger charge is 2.22. The maximum Gasteiger partial charge on any atom is 0.231 e. The first-order valence-electron chi connectivity index (χ1n) is 8.87. The third-order valence-electron chi connectivity index (χ3n) is 4.94. The Balaban J connectivity index is 1.35. The average Bonchev–Trinajstić information content (AvgIpc) is 3.13. The zero-order chi connectivity index (χ0) is 17.9. The summed E-state index contributed by atoms with van der Waals surface area (Å²) in [5.74, 6) is 2.25. The van der Waals surface area contributed by atoms with Crippen molar-refractivity contribution < 1.29 is 14.2 Å². The van der Waals surface area contributed by atoms with E-state index in [-0.39, 0.29) is 6.79 Å². The van der Waals surface area contributed by atoms with Gasteiger partial charge in [0.2, 0.25) is 12.5 Å². The lowest BCUT2D eigenvalue weighted by molar-refractivity contribution is 0.121. The molecule has 0 N–H and O–H groups in total. The Kier molecular flexibility index (Phi) is 5.33. The van der Waals surface area contributed by atoms with E-state index in [1.54, 1.807) is 7.11 Å². The van der Waals surface area contributed by atoms with Crippen molar-refractivity contribution in [3.63, 3.8) is 0 Å². The molecule has 2 aromatic carbocycles. The molecule has 0 spiro atoms. The van der Waals surface area contributed by atoms with E-state index >= 15 is 0 Å². The highest BCUT2D eigenvalue weighted by atomic mass is 79.9. The third kappa shape index (κ3) is 3.82. The second-order valence-electron chi connectivity index (χ2n) is 6.68. The summed E-state index contributed by atoms with van der Waals surface area (Å²) in [5.41, 5.74) is 2.55. The molecule has 138 valence electrons. The summed E-state index contributed by atoms with van der Waals surface area (Å²) in [6.07, 6.45) is 0. The number of halogens is 1. The van der Waals surface area contributed by atoms with Gasteiger partial charge in [0.1, 0.15) is 0 Å². The van der Waals surface area contributed by atoms with Crippen LogP contribution in [0.25, 0.3) is 0 Å². The molecule has 0 radical (unpaired) electrons. The highest BCUT2D eigenvalue weighted by molar-refractivity contribution is 9.10. The molecule has 4 rings (SSSR count). The van der Waals surface area contributed by atoms with Crippen LogP contribution in [0.15, 0.2) is 40.9 Å². The van der Waals surface area contributed by atoms with Gasteiger partial charge in [0.15, 0.2) is 11.5 Å². The lowest BCUT2D eigenvalue weighted by atomic mass is 10.1. The van der Waals surface area contributed by atoms with Crippen LogP contribution in [0.5, 0.6) is 17.2 Å². The predicted octanol–water partition coefficient (Wildman–Crippen LogP) is 3.50. The molecule has 0 aromatic heterocycles. The van der Waals surface area contributed by atoms with E-state index in [0.717, 1.165) is 56.5 Å². The van der Waals surface area contributed by atoms with Crippen molar-refractivity contribution in [2.75, 3.05) is 40.1 Å². The van der Waals surface area contributed by atoms with E-state index in [1.807, 2.05) is 0 Å². The molecular formula is C20H23BrN2O3. The molecule has 2 heterocycles. The standard InChI is InChI=1S/C20H23BrN2O3/c1-24-18-10-15(11-19-20(18)26-14-25-19)12-22-6-8-23(9-7-22)13-16-4-2-3-5-17(16)21/h2-5,10-11H,6-9,12-14H2,1H3. The fourth-order valence-electron chi connectivity index (χ4n) is 3.51. The van der Waals surface area contributed by atoms with Crippen molar-refractivity contribution in [2.24, 2.45) is 0 Å². The van der Waals surface area contributed by atoms with Crippen LogP contribution in [0, 0.1) is 0 Å². The molecule has 26 heavy (non-hydrogen) atoms. The second-order valence-corrected chi connectivity index (χ2v) is 7.53. The summed E-state index contributed by atoms with van der Waals surface area (Å²) in [5, 5.41) is 0. The van der Waals surface area contributed by atoms with Gasteiger partial charge < -0.3 is 14.2 Å². The maximum absolute atomic E-state index is 5.53. The molecule has 2 aromatic rings. The first-order valence-corrected chi connectivity index (χ1v) is 9.67. The van der Waals surface area contributed by atoms with Crippen molar-refractivity contribution >= 4 is 15.9 Å². The first kappa shape index (κ1) is 17.6. The molecule has 0 unspecified atom stereocenters. The number of fused-ring (bicyclic) bond motifs is 1. The van der Waals surface area contributed by atoms with E-state index < -0.39 is 0 Å². The number of ether oxygens (including phenoxy) is 3. The van der Waals surface area contributed by atoms with Gasteiger partial charge in [-0.3, -0.25) is 9.80 Å². The van der Waals surface area contributed by atoms with Gasteiger partial charge in [-0.2, -0.15) is 0 Å². The Hall–Kier alpha value is -1.76. The molecule has 2 aliphatic rings. The van der Waals surface area contributed by atoms with Crippen molar-refractivity contribution in [3.8, 4) is 17.2 Å². The van der Waals surface area contributed by atoms with Gasteiger partial charge in [-0.15, -0.1) is 0 Å². The highest BCUT2D eigenvalue weighted by Crippen LogP contribution is 2.42. The molecule has 5 nitrogen and oxygen atoms in total.